The van der Waals surface area contributed by atoms with E-state index in [9.17, 15) is 9.59 Å². The number of amides is 2. The first-order chi connectivity index (χ1) is 7.95. The van der Waals surface area contributed by atoms with E-state index in [-0.39, 0.29) is 11.9 Å². The molecule has 2 amide bonds. The number of carbonyl (C=O) groups excluding carboxylic acids is 2. The van der Waals surface area contributed by atoms with Crippen molar-refractivity contribution in [3.05, 3.63) is 29.3 Å². The van der Waals surface area contributed by atoms with Crippen LogP contribution in [-0.2, 0) is 4.79 Å². The number of nitrogens with one attached hydrogen (secondary N) is 2. The molecular formula is C12H17N3O2. The van der Waals surface area contributed by atoms with Crippen LogP contribution in [0.3, 0.4) is 0 Å². The van der Waals surface area contributed by atoms with E-state index in [2.05, 4.69) is 10.6 Å². The molecule has 92 valence electrons. The highest BCUT2D eigenvalue weighted by Crippen LogP contribution is 2.16. The monoisotopic (exact) mass is 235 g/mol. The molecule has 4 N–H and O–H groups in total. The Morgan fingerprint density at radius 2 is 2.00 bits per heavy atom. The molecular weight excluding hydrogens is 218 g/mol. The maximum Gasteiger partial charge on any atom is 0.248 e. The Balaban J connectivity index is 2.86. The van der Waals surface area contributed by atoms with Gasteiger partial charge in [0.15, 0.2) is 0 Å². The van der Waals surface area contributed by atoms with E-state index in [0.717, 1.165) is 5.56 Å². The number of aryl methyl sites for hydroxylation is 1. The van der Waals surface area contributed by atoms with Gasteiger partial charge in [0.2, 0.25) is 11.8 Å². The van der Waals surface area contributed by atoms with Gasteiger partial charge in [-0.1, -0.05) is 0 Å². The number of hydrogen-bond acceptors (Lipinski definition) is 3. The molecule has 5 heteroatoms. The fourth-order valence-electron chi connectivity index (χ4n) is 1.33. The molecule has 0 spiro atoms. The largest absolute Gasteiger partial charge is 0.366 e. The number of benzene rings is 1. The topological polar surface area (TPSA) is 84.2 Å². The number of carbonyl (C=O) groups is 2. The van der Waals surface area contributed by atoms with E-state index in [0.29, 0.717) is 11.3 Å². The molecule has 0 saturated carbocycles. The maximum atomic E-state index is 11.6. The van der Waals surface area contributed by atoms with Crippen LogP contribution in [-0.4, -0.2) is 24.9 Å². The summed E-state index contributed by atoms with van der Waals surface area (Å²) in [5.41, 5.74) is 7.09. The van der Waals surface area contributed by atoms with Crippen molar-refractivity contribution in [2.45, 2.75) is 19.9 Å². The molecule has 0 bridgehead atoms. The molecule has 5 nitrogen and oxygen atoms in total. The minimum atomic E-state index is -0.477. The zero-order valence-electron chi connectivity index (χ0n) is 10.2. The van der Waals surface area contributed by atoms with Gasteiger partial charge in [0, 0.05) is 11.3 Å². The van der Waals surface area contributed by atoms with Gasteiger partial charge in [0.05, 0.1) is 6.04 Å². The zero-order chi connectivity index (χ0) is 13.0. The number of anilines is 1. The molecule has 0 aliphatic carbocycles. The normalized spacial score (nSPS) is 11.9. The Bertz CT molecular complexity index is 443. The molecule has 0 fully saturated rings. The highest BCUT2D eigenvalue weighted by molar-refractivity contribution is 5.97. The minimum absolute atomic E-state index is 0.123. The van der Waals surface area contributed by atoms with Crippen LogP contribution >= 0.6 is 0 Å². The van der Waals surface area contributed by atoms with Gasteiger partial charge in [-0.25, -0.2) is 0 Å². The summed E-state index contributed by atoms with van der Waals surface area (Å²) in [5.74, 6) is -0.600. The molecule has 1 atom stereocenters. The van der Waals surface area contributed by atoms with E-state index in [1.165, 1.54) is 0 Å². The molecule has 0 saturated heterocycles. The van der Waals surface area contributed by atoms with E-state index in [1.807, 2.05) is 6.92 Å². The smallest absolute Gasteiger partial charge is 0.248 e. The Hall–Kier alpha value is -1.88. The van der Waals surface area contributed by atoms with Crippen LogP contribution in [0.4, 0.5) is 5.69 Å². The molecule has 0 aliphatic heterocycles. The molecule has 0 aromatic heterocycles. The average molecular weight is 235 g/mol. The summed E-state index contributed by atoms with van der Waals surface area (Å²) in [6.45, 7) is 3.58. The molecule has 0 radical (unpaired) electrons. The van der Waals surface area contributed by atoms with E-state index < -0.39 is 5.91 Å². The Morgan fingerprint density at radius 1 is 1.35 bits per heavy atom. The van der Waals surface area contributed by atoms with E-state index in [1.54, 1.807) is 32.2 Å². The van der Waals surface area contributed by atoms with Crippen LogP contribution in [0.15, 0.2) is 18.2 Å². The number of rotatable bonds is 4. The van der Waals surface area contributed by atoms with Crippen molar-refractivity contribution >= 4 is 17.5 Å². The standard InChI is InChI=1S/C12H17N3O2/c1-7-6-9(11(13)16)4-5-10(7)15-12(17)8(2)14-3/h4-6,8,14H,1-3H3,(H2,13,16)(H,15,17). The molecule has 1 aromatic carbocycles. The quantitative estimate of drug-likeness (QED) is 0.716. The van der Waals surface area contributed by atoms with Gasteiger partial charge in [-0.05, 0) is 44.7 Å². The number of likely N-dealkylation sites (N-methyl/N-ethyl adjacent to an activating group) is 1. The van der Waals surface area contributed by atoms with Crippen LogP contribution in [0.5, 0.6) is 0 Å². The third-order valence-corrected chi connectivity index (χ3v) is 2.60. The first kappa shape index (κ1) is 13.2. The lowest BCUT2D eigenvalue weighted by Gasteiger charge is -2.13. The summed E-state index contributed by atoms with van der Waals surface area (Å²) in [4.78, 5) is 22.6. The summed E-state index contributed by atoms with van der Waals surface area (Å²) in [7, 11) is 1.72. The Labute approximate surface area is 100 Å². The van der Waals surface area contributed by atoms with Crippen LogP contribution in [0.25, 0.3) is 0 Å². The Morgan fingerprint density at radius 3 is 2.47 bits per heavy atom. The predicted octanol–water partition coefficient (Wildman–Crippen LogP) is 0.640. The summed E-state index contributed by atoms with van der Waals surface area (Å²) >= 11 is 0. The molecule has 1 unspecified atom stereocenters. The van der Waals surface area contributed by atoms with Crippen molar-refractivity contribution < 1.29 is 9.59 Å². The number of hydrogen-bond donors (Lipinski definition) is 3. The third kappa shape index (κ3) is 3.29. The molecule has 17 heavy (non-hydrogen) atoms. The molecule has 0 heterocycles. The molecule has 0 aliphatic rings. The summed E-state index contributed by atoms with van der Waals surface area (Å²) in [6.07, 6.45) is 0. The molecule has 1 aromatic rings. The van der Waals surface area contributed by atoms with Gasteiger partial charge in [-0.2, -0.15) is 0 Å². The maximum absolute atomic E-state index is 11.6. The zero-order valence-corrected chi connectivity index (χ0v) is 10.2. The predicted molar refractivity (Wildman–Crippen MR) is 66.8 cm³/mol. The number of primary amides is 1. The lowest BCUT2D eigenvalue weighted by atomic mass is 10.1. The van der Waals surface area contributed by atoms with Crippen LogP contribution in [0, 0.1) is 6.92 Å². The SMILES string of the molecule is CNC(C)C(=O)Nc1ccc(C(N)=O)cc1C. The fourth-order valence-corrected chi connectivity index (χ4v) is 1.33. The lowest BCUT2D eigenvalue weighted by molar-refractivity contribution is -0.117. The Kier molecular flexibility index (Phi) is 4.23. The second kappa shape index (κ2) is 5.45. The van der Waals surface area contributed by atoms with Crippen molar-refractivity contribution in [3.8, 4) is 0 Å². The van der Waals surface area contributed by atoms with Gasteiger partial charge >= 0.3 is 0 Å². The van der Waals surface area contributed by atoms with Gasteiger partial charge in [-0.3, -0.25) is 9.59 Å². The van der Waals surface area contributed by atoms with Crippen molar-refractivity contribution in [3.63, 3.8) is 0 Å². The second-order valence-electron chi connectivity index (χ2n) is 3.89. The van der Waals surface area contributed by atoms with Gasteiger partial charge < -0.3 is 16.4 Å². The highest BCUT2D eigenvalue weighted by Gasteiger charge is 2.12. The first-order valence-electron chi connectivity index (χ1n) is 5.34. The third-order valence-electron chi connectivity index (χ3n) is 2.60. The fraction of sp³-hybridized carbons (Fsp3) is 0.333. The lowest BCUT2D eigenvalue weighted by Crippen LogP contribution is -2.35. The van der Waals surface area contributed by atoms with Crippen molar-refractivity contribution in [1.82, 2.24) is 5.32 Å². The van der Waals surface area contributed by atoms with Crippen molar-refractivity contribution in [2.24, 2.45) is 5.73 Å². The highest BCUT2D eigenvalue weighted by atomic mass is 16.2. The summed E-state index contributed by atoms with van der Waals surface area (Å²) in [6, 6.07) is 4.65. The van der Waals surface area contributed by atoms with Gasteiger partial charge in [0.25, 0.3) is 0 Å². The second-order valence-corrected chi connectivity index (χ2v) is 3.89. The van der Waals surface area contributed by atoms with Crippen LogP contribution in [0.2, 0.25) is 0 Å². The summed E-state index contributed by atoms with van der Waals surface area (Å²) in [5, 5.41) is 5.62. The van der Waals surface area contributed by atoms with Gasteiger partial charge in [-0.15, -0.1) is 0 Å². The van der Waals surface area contributed by atoms with Crippen molar-refractivity contribution in [1.29, 1.82) is 0 Å². The van der Waals surface area contributed by atoms with Gasteiger partial charge in [0.1, 0.15) is 0 Å². The first-order valence-corrected chi connectivity index (χ1v) is 5.34. The van der Waals surface area contributed by atoms with Crippen LogP contribution < -0.4 is 16.4 Å². The van der Waals surface area contributed by atoms with E-state index >= 15 is 0 Å². The van der Waals surface area contributed by atoms with Crippen molar-refractivity contribution in [2.75, 3.05) is 12.4 Å². The molecule has 1 rings (SSSR count). The minimum Gasteiger partial charge on any atom is -0.366 e. The average Bonchev–Trinajstić information content (AvgIpc) is 2.30. The van der Waals surface area contributed by atoms with Crippen LogP contribution in [0.1, 0.15) is 22.8 Å². The number of nitrogens with two attached hydrogens (primary N) is 1. The van der Waals surface area contributed by atoms with E-state index in [4.69, 9.17) is 5.73 Å². The summed E-state index contributed by atoms with van der Waals surface area (Å²) < 4.78 is 0.